The number of halogens is 5. The highest BCUT2D eigenvalue weighted by Gasteiger charge is 2.49. The number of nitrogens with two attached hydrogens (primary N) is 1. The number of nitrogens with zero attached hydrogens (tertiary/aromatic N) is 5. The van der Waals surface area contributed by atoms with E-state index in [0.717, 1.165) is 36.8 Å². The molecular weight excluding hydrogens is 605 g/mol. The molecule has 0 amide bonds. The average molecular weight is 632 g/mol. The molecule has 0 spiro atoms. The standard InChI is InChI=1S/C29H26F5N7O2S/c30-14-9-28(5-1-7-41(28)12-14)13-42-27-38-20-8-17(16-2-3-19(31)23-21(16)18(10-35)25(36)44-23)24(29(32,33)34)39-22(20)26(40-27)43-15-4-6-37-11-15/h2-3,8,14-15,37H,1,4-7,9,11-13,36H2/t14-,15-,28+/m1/s1. The number of rotatable bonds is 6. The Labute approximate surface area is 251 Å². The number of ether oxygens (including phenoxy) is 2. The van der Waals surface area contributed by atoms with Gasteiger partial charge in [-0.2, -0.15) is 28.4 Å². The second kappa shape index (κ2) is 10.6. The molecule has 15 heteroatoms. The van der Waals surface area contributed by atoms with E-state index in [-0.39, 0.29) is 61.8 Å². The number of thiophene rings is 1. The highest BCUT2D eigenvalue weighted by molar-refractivity contribution is 7.23. The number of hydrogen-bond donors (Lipinski definition) is 2. The SMILES string of the molecule is N#Cc1c(N)sc2c(F)ccc(-c3cc4nc(OC[C@@]56CCCN5C[C@H](F)C6)nc(O[C@@H]5CCNC5)c4nc3C(F)(F)F)c12. The molecule has 1 aromatic carbocycles. The van der Waals surface area contributed by atoms with Gasteiger partial charge in [0.1, 0.15) is 41.3 Å². The van der Waals surface area contributed by atoms with Gasteiger partial charge in [-0.05, 0) is 50.0 Å². The largest absolute Gasteiger partial charge is 0.471 e. The van der Waals surface area contributed by atoms with E-state index in [2.05, 4.69) is 25.2 Å². The van der Waals surface area contributed by atoms with Crippen LogP contribution in [0.15, 0.2) is 18.2 Å². The Morgan fingerprint density at radius 1 is 1.23 bits per heavy atom. The summed E-state index contributed by atoms with van der Waals surface area (Å²) in [6.07, 6.45) is -3.74. The van der Waals surface area contributed by atoms with Crippen LogP contribution in [0.25, 0.3) is 32.2 Å². The molecule has 0 radical (unpaired) electrons. The maximum Gasteiger partial charge on any atom is 0.433 e. The zero-order valence-corrected chi connectivity index (χ0v) is 24.0. The number of alkyl halides is 4. The van der Waals surface area contributed by atoms with E-state index in [0.29, 0.717) is 32.5 Å². The fourth-order valence-electron chi connectivity index (χ4n) is 6.64. The zero-order chi connectivity index (χ0) is 30.8. The molecule has 44 heavy (non-hydrogen) atoms. The molecule has 3 aliphatic rings. The normalized spacial score (nSPS) is 23.8. The molecule has 7 rings (SSSR count). The number of anilines is 1. The average Bonchev–Trinajstić information content (AvgIpc) is 3.75. The third-order valence-electron chi connectivity index (χ3n) is 8.63. The van der Waals surface area contributed by atoms with E-state index in [1.807, 2.05) is 6.07 Å². The van der Waals surface area contributed by atoms with E-state index in [4.69, 9.17) is 15.2 Å². The van der Waals surface area contributed by atoms with Crippen molar-refractivity contribution in [3.8, 4) is 29.1 Å². The molecule has 3 N–H and O–H groups in total. The van der Waals surface area contributed by atoms with Gasteiger partial charge in [0.15, 0.2) is 11.2 Å². The molecule has 6 heterocycles. The summed E-state index contributed by atoms with van der Waals surface area (Å²) in [5.41, 5.74) is 3.31. The molecule has 9 nitrogen and oxygen atoms in total. The van der Waals surface area contributed by atoms with E-state index in [9.17, 15) is 27.2 Å². The Morgan fingerprint density at radius 3 is 2.82 bits per heavy atom. The van der Waals surface area contributed by atoms with Crippen molar-refractivity contribution in [2.24, 2.45) is 0 Å². The van der Waals surface area contributed by atoms with Crippen molar-refractivity contribution in [3.63, 3.8) is 0 Å². The summed E-state index contributed by atoms with van der Waals surface area (Å²) < 4.78 is 85.0. The van der Waals surface area contributed by atoms with Crippen molar-refractivity contribution >= 4 is 37.5 Å². The highest BCUT2D eigenvalue weighted by Crippen LogP contribution is 2.46. The van der Waals surface area contributed by atoms with Crippen LogP contribution in [-0.2, 0) is 6.18 Å². The first-order chi connectivity index (χ1) is 21.1. The topological polar surface area (TPSA) is 122 Å². The van der Waals surface area contributed by atoms with Crippen molar-refractivity contribution in [1.82, 2.24) is 25.2 Å². The third kappa shape index (κ3) is 4.85. The summed E-state index contributed by atoms with van der Waals surface area (Å²) in [6, 6.07) is 5.12. The molecule has 3 atom stereocenters. The van der Waals surface area contributed by atoms with Gasteiger partial charge >= 0.3 is 12.2 Å². The van der Waals surface area contributed by atoms with Crippen molar-refractivity contribution in [2.45, 2.75) is 49.7 Å². The molecule has 0 aliphatic carbocycles. The quantitative estimate of drug-likeness (QED) is 0.276. The Kier molecular flexibility index (Phi) is 6.98. The molecule has 230 valence electrons. The molecule has 0 unspecified atom stereocenters. The lowest BCUT2D eigenvalue weighted by Crippen LogP contribution is -2.43. The first kappa shape index (κ1) is 28.9. The second-order valence-electron chi connectivity index (χ2n) is 11.4. The number of aromatic nitrogens is 3. The molecule has 3 fully saturated rings. The van der Waals surface area contributed by atoms with Crippen molar-refractivity contribution in [3.05, 3.63) is 35.3 Å². The number of pyridine rings is 1. The van der Waals surface area contributed by atoms with Crippen LogP contribution in [0.2, 0.25) is 0 Å². The Bertz CT molecular complexity index is 1820. The van der Waals surface area contributed by atoms with Gasteiger partial charge in [0.05, 0.1) is 15.8 Å². The number of fused-ring (bicyclic) bond motifs is 3. The monoisotopic (exact) mass is 631 g/mol. The summed E-state index contributed by atoms with van der Waals surface area (Å²) in [7, 11) is 0. The van der Waals surface area contributed by atoms with Crippen LogP contribution >= 0.6 is 11.3 Å². The van der Waals surface area contributed by atoms with Crippen LogP contribution in [0, 0.1) is 17.1 Å². The predicted octanol–water partition coefficient (Wildman–Crippen LogP) is 5.21. The van der Waals surface area contributed by atoms with Gasteiger partial charge in [0.25, 0.3) is 0 Å². The molecule has 3 saturated heterocycles. The van der Waals surface area contributed by atoms with Gasteiger partial charge in [-0.1, -0.05) is 6.07 Å². The number of benzene rings is 1. The zero-order valence-electron chi connectivity index (χ0n) is 23.2. The second-order valence-corrected chi connectivity index (χ2v) is 12.5. The lowest BCUT2D eigenvalue weighted by atomic mass is 9.95. The third-order valence-corrected chi connectivity index (χ3v) is 9.66. The van der Waals surface area contributed by atoms with Gasteiger partial charge < -0.3 is 20.5 Å². The summed E-state index contributed by atoms with van der Waals surface area (Å²) in [5.74, 6) is -0.890. The lowest BCUT2D eigenvalue weighted by Gasteiger charge is -2.30. The number of nitriles is 1. The minimum Gasteiger partial charge on any atom is -0.471 e. The molecule has 0 bridgehead atoms. The smallest absolute Gasteiger partial charge is 0.433 e. The van der Waals surface area contributed by atoms with Crippen molar-refractivity contribution < 1.29 is 31.4 Å². The van der Waals surface area contributed by atoms with Crippen LogP contribution in [0.1, 0.15) is 36.9 Å². The van der Waals surface area contributed by atoms with Crippen molar-refractivity contribution in [2.75, 3.05) is 38.5 Å². The summed E-state index contributed by atoms with van der Waals surface area (Å²) in [5, 5.41) is 12.8. The minimum atomic E-state index is -4.95. The van der Waals surface area contributed by atoms with Crippen LogP contribution in [0.4, 0.5) is 27.0 Å². The van der Waals surface area contributed by atoms with E-state index in [1.54, 1.807) is 0 Å². The van der Waals surface area contributed by atoms with Gasteiger partial charge in [0, 0.05) is 30.5 Å². The van der Waals surface area contributed by atoms with Gasteiger partial charge in [-0.3, -0.25) is 4.90 Å². The molecular formula is C29H26F5N7O2S. The number of nitrogens with one attached hydrogen (secondary N) is 1. The summed E-state index contributed by atoms with van der Waals surface area (Å²) in [4.78, 5) is 14.8. The van der Waals surface area contributed by atoms with Gasteiger partial charge in [-0.25, -0.2) is 13.8 Å². The predicted molar refractivity (Wildman–Crippen MR) is 153 cm³/mol. The van der Waals surface area contributed by atoms with Gasteiger partial charge in [0.2, 0.25) is 5.88 Å². The number of nitrogen functional groups attached to an aromatic ring is 1. The van der Waals surface area contributed by atoms with Crippen LogP contribution in [-0.4, -0.2) is 70.5 Å². The van der Waals surface area contributed by atoms with Crippen LogP contribution in [0.3, 0.4) is 0 Å². The Morgan fingerprint density at radius 2 is 2.07 bits per heavy atom. The molecule has 4 aromatic rings. The minimum absolute atomic E-state index is 0.00583. The van der Waals surface area contributed by atoms with Crippen LogP contribution < -0.4 is 20.5 Å². The van der Waals surface area contributed by atoms with Crippen molar-refractivity contribution in [1.29, 1.82) is 5.26 Å². The molecule has 3 aliphatic heterocycles. The summed E-state index contributed by atoms with van der Waals surface area (Å²) in [6.45, 7) is 2.30. The Hall–Kier alpha value is -3.87. The molecule has 3 aromatic heterocycles. The molecule has 0 saturated carbocycles. The number of hydrogen-bond acceptors (Lipinski definition) is 10. The first-order valence-corrected chi connectivity index (χ1v) is 15.0. The van der Waals surface area contributed by atoms with Gasteiger partial charge in [-0.15, -0.1) is 11.3 Å². The first-order valence-electron chi connectivity index (χ1n) is 14.2. The van der Waals surface area contributed by atoms with Crippen LogP contribution in [0.5, 0.6) is 11.9 Å². The fourth-order valence-corrected chi connectivity index (χ4v) is 7.59. The van der Waals surface area contributed by atoms with E-state index >= 15 is 0 Å². The maximum atomic E-state index is 14.7. The van der Waals surface area contributed by atoms with E-state index in [1.165, 1.54) is 12.1 Å². The van der Waals surface area contributed by atoms with E-state index < -0.39 is 35.0 Å². The lowest BCUT2D eigenvalue weighted by molar-refractivity contribution is -0.140. The maximum absolute atomic E-state index is 14.7. The highest BCUT2D eigenvalue weighted by atomic mass is 32.1. The fraction of sp³-hybridized carbons (Fsp3) is 0.448. The summed E-state index contributed by atoms with van der Waals surface area (Å²) >= 11 is 0.780. The Balaban J connectivity index is 1.40.